The first-order valence-corrected chi connectivity index (χ1v) is 12.1. The number of ether oxygens (including phenoxy) is 3. The molecule has 0 unspecified atom stereocenters. The van der Waals surface area contributed by atoms with E-state index >= 15 is 0 Å². The second kappa shape index (κ2) is 11.0. The summed E-state index contributed by atoms with van der Waals surface area (Å²) in [6.45, 7) is 2.90. The molecule has 10 heteroatoms. The molecule has 1 aliphatic rings. The van der Waals surface area contributed by atoms with Gasteiger partial charge in [-0.3, -0.25) is 14.3 Å². The van der Waals surface area contributed by atoms with Crippen molar-refractivity contribution in [2.45, 2.75) is 24.7 Å². The van der Waals surface area contributed by atoms with Gasteiger partial charge >= 0.3 is 5.97 Å². The van der Waals surface area contributed by atoms with E-state index in [0.29, 0.717) is 49.7 Å². The number of hydrogen-bond acceptors (Lipinski definition) is 7. The number of carbonyl (C=O) groups excluding carboxylic acids is 2. The van der Waals surface area contributed by atoms with Crippen molar-refractivity contribution in [1.82, 2.24) is 4.90 Å². The molecule has 0 bridgehead atoms. The van der Waals surface area contributed by atoms with Gasteiger partial charge in [-0.1, -0.05) is 0 Å². The highest BCUT2D eigenvalue weighted by molar-refractivity contribution is 7.92. The van der Waals surface area contributed by atoms with E-state index < -0.39 is 10.0 Å². The van der Waals surface area contributed by atoms with E-state index in [9.17, 15) is 18.0 Å². The molecule has 0 atom stereocenters. The molecule has 1 amide bonds. The van der Waals surface area contributed by atoms with Crippen LogP contribution in [-0.4, -0.2) is 58.6 Å². The molecule has 9 nitrogen and oxygen atoms in total. The maximum absolute atomic E-state index is 12.6. The first-order chi connectivity index (χ1) is 15.8. The van der Waals surface area contributed by atoms with Gasteiger partial charge in [0.1, 0.15) is 11.5 Å². The maximum Gasteiger partial charge on any atom is 0.309 e. The van der Waals surface area contributed by atoms with E-state index in [1.165, 1.54) is 31.4 Å². The van der Waals surface area contributed by atoms with Gasteiger partial charge in [0, 0.05) is 18.8 Å². The number of anilines is 1. The number of hydrogen-bond donors (Lipinski definition) is 1. The largest absolute Gasteiger partial charge is 0.497 e. The summed E-state index contributed by atoms with van der Waals surface area (Å²) < 4.78 is 43.3. The van der Waals surface area contributed by atoms with Crippen LogP contribution in [0.4, 0.5) is 5.69 Å². The molecule has 0 radical (unpaired) electrons. The Morgan fingerprint density at radius 1 is 1.00 bits per heavy atom. The van der Waals surface area contributed by atoms with Crippen LogP contribution in [0.1, 0.15) is 19.8 Å². The van der Waals surface area contributed by atoms with Crippen LogP contribution in [0.2, 0.25) is 0 Å². The molecule has 2 aromatic carbocycles. The summed E-state index contributed by atoms with van der Waals surface area (Å²) in [5, 5.41) is 0. The Labute approximate surface area is 193 Å². The summed E-state index contributed by atoms with van der Waals surface area (Å²) in [7, 11) is -2.24. The minimum Gasteiger partial charge on any atom is -0.497 e. The lowest BCUT2D eigenvalue weighted by atomic mass is 9.97. The monoisotopic (exact) mass is 476 g/mol. The second-order valence-corrected chi connectivity index (χ2v) is 9.18. The predicted molar refractivity (Wildman–Crippen MR) is 122 cm³/mol. The van der Waals surface area contributed by atoms with Crippen LogP contribution in [0.5, 0.6) is 11.5 Å². The number of piperidine rings is 1. The highest BCUT2D eigenvalue weighted by Gasteiger charge is 2.28. The standard InChI is InChI=1S/C23H28N2O7S/c1-3-31-23(27)17-12-14-25(15-13-17)22(26)16-32-20-8-10-21(11-9-20)33(28,29)24-18-4-6-19(30-2)7-5-18/h4-11,17,24H,3,12-16H2,1-2H3. The van der Waals surface area contributed by atoms with E-state index in [2.05, 4.69) is 4.72 Å². The minimum atomic E-state index is -3.77. The minimum absolute atomic E-state index is 0.0676. The summed E-state index contributed by atoms with van der Waals surface area (Å²) in [6, 6.07) is 12.4. The van der Waals surface area contributed by atoms with E-state index in [4.69, 9.17) is 14.2 Å². The summed E-state index contributed by atoms with van der Waals surface area (Å²) in [6.07, 6.45) is 1.14. The van der Waals surface area contributed by atoms with Crippen LogP contribution >= 0.6 is 0 Å². The predicted octanol–water partition coefficient (Wildman–Crippen LogP) is 2.68. The average Bonchev–Trinajstić information content (AvgIpc) is 2.83. The van der Waals surface area contributed by atoms with Crippen molar-refractivity contribution in [2.24, 2.45) is 5.92 Å². The zero-order valence-electron chi connectivity index (χ0n) is 18.7. The highest BCUT2D eigenvalue weighted by atomic mass is 32.2. The van der Waals surface area contributed by atoms with Gasteiger partial charge in [-0.25, -0.2) is 8.42 Å². The van der Waals surface area contributed by atoms with Crippen molar-refractivity contribution in [2.75, 3.05) is 38.1 Å². The highest BCUT2D eigenvalue weighted by Crippen LogP contribution is 2.22. The molecule has 0 saturated carbocycles. The Balaban J connectivity index is 1.50. The lowest BCUT2D eigenvalue weighted by Crippen LogP contribution is -2.42. The molecule has 33 heavy (non-hydrogen) atoms. The summed E-state index contributed by atoms with van der Waals surface area (Å²) in [5.41, 5.74) is 0.411. The Morgan fingerprint density at radius 2 is 1.61 bits per heavy atom. The molecular formula is C23H28N2O7S. The number of amides is 1. The molecule has 1 aliphatic heterocycles. The Hall–Kier alpha value is -3.27. The van der Waals surface area contributed by atoms with Gasteiger partial charge in [-0.05, 0) is 68.3 Å². The van der Waals surface area contributed by atoms with Crippen LogP contribution in [0.15, 0.2) is 53.4 Å². The van der Waals surface area contributed by atoms with E-state index in [1.54, 1.807) is 36.1 Å². The fraction of sp³-hybridized carbons (Fsp3) is 0.391. The molecule has 1 saturated heterocycles. The van der Waals surface area contributed by atoms with Gasteiger partial charge in [0.05, 0.1) is 24.5 Å². The van der Waals surface area contributed by atoms with Crippen LogP contribution in [0.3, 0.4) is 0 Å². The average molecular weight is 477 g/mol. The van der Waals surface area contributed by atoms with Gasteiger partial charge < -0.3 is 19.1 Å². The third-order valence-corrected chi connectivity index (χ3v) is 6.70. The molecule has 3 rings (SSSR count). The van der Waals surface area contributed by atoms with E-state index in [1.807, 2.05) is 0 Å². The summed E-state index contributed by atoms with van der Waals surface area (Å²) in [5.74, 6) is 0.439. The maximum atomic E-state index is 12.6. The number of nitrogens with zero attached hydrogens (tertiary/aromatic N) is 1. The van der Waals surface area contributed by atoms with Gasteiger partial charge in [0.2, 0.25) is 0 Å². The molecule has 1 heterocycles. The van der Waals surface area contributed by atoms with Gasteiger partial charge in [-0.15, -0.1) is 0 Å². The Morgan fingerprint density at radius 3 is 2.18 bits per heavy atom. The number of carbonyl (C=O) groups is 2. The quantitative estimate of drug-likeness (QED) is 0.554. The topological polar surface area (TPSA) is 111 Å². The molecule has 0 aromatic heterocycles. The zero-order valence-corrected chi connectivity index (χ0v) is 19.5. The first kappa shape index (κ1) is 24.4. The number of rotatable bonds is 9. The van der Waals surface area contributed by atoms with Crippen molar-refractivity contribution in [3.05, 3.63) is 48.5 Å². The second-order valence-electron chi connectivity index (χ2n) is 7.50. The van der Waals surface area contributed by atoms with Gasteiger partial charge in [0.15, 0.2) is 6.61 Å². The normalized spacial score (nSPS) is 14.4. The number of nitrogens with one attached hydrogen (secondary N) is 1. The lowest BCUT2D eigenvalue weighted by Gasteiger charge is -2.30. The third kappa shape index (κ3) is 6.61. The van der Waals surface area contributed by atoms with Gasteiger partial charge in [-0.2, -0.15) is 0 Å². The number of methoxy groups -OCH3 is 1. The van der Waals surface area contributed by atoms with E-state index in [-0.39, 0.29) is 29.3 Å². The number of likely N-dealkylation sites (tertiary alicyclic amines) is 1. The molecule has 0 spiro atoms. The SMILES string of the molecule is CCOC(=O)C1CCN(C(=O)COc2ccc(S(=O)(=O)Nc3ccc(OC)cc3)cc2)CC1. The van der Waals surface area contributed by atoms with Crippen molar-refractivity contribution in [3.63, 3.8) is 0 Å². The Kier molecular flexibility index (Phi) is 8.16. The van der Waals surface area contributed by atoms with Crippen LogP contribution in [-0.2, 0) is 24.3 Å². The lowest BCUT2D eigenvalue weighted by molar-refractivity contribution is -0.151. The van der Waals surface area contributed by atoms with Crippen LogP contribution < -0.4 is 14.2 Å². The molecular weight excluding hydrogens is 448 g/mol. The first-order valence-electron chi connectivity index (χ1n) is 10.7. The molecule has 1 fully saturated rings. The van der Waals surface area contributed by atoms with Crippen molar-refractivity contribution >= 4 is 27.6 Å². The summed E-state index contributed by atoms with van der Waals surface area (Å²) in [4.78, 5) is 26.0. The number of sulfonamides is 1. The fourth-order valence-electron chi connectivity index (χ4n) is 3.45. The molecule has 0 aliphatic carbocycles. The fourth-order valence-corrected chi connectivity index (χ4v) is 4.51. The summed E-state index contributed by atoms with van der Waals surface area (Å²) >= 11 is 0. The molecule has 2 aromatic rings. The van der Waals surface area contributed by atoms with Crippen molar-refractivity contribution in [1.29, 1.82) is 0 Å². The van der Waals surface area contributed by atoms with E-state index in [0.717, 1.165) is 0 Å². The van der Waals surface area contributed by atoms with Crippen LogP contribution in [0, 0.1) is 5.92 Å². The molecule has 178 valence electrons. The van der Waals surface area contributed by atoms with Crippen molar-refractivity contribution in [3.8, 4) is 11.5 Å². The van der Waals surface area contributed by atoms with Gasteiger partial charge in [0.25, 0.3) is 15.9 Å². The third-order valence-electron chi connectivity index (χ3n) is 5.31. The van der Waals surface area contributed by atoms with Crippen LogP contribution in [0.25, 0.3) is 0 Å². The number of benzene rings is 2. The zero-order chi connectivity index (χ0) is 23.8. The smallest absolute Gasteiger partial charge is 0.309 e. The Bertz CT molecular complexity index is 1050. The molecule has 1 N–H and O–H groups in total. The number of esters is 1. The van der Waals surface area contributed by atoms with Crippen molar-refractivity contribution < 1.29 is 32.2 Å².